The molecular formula is C19H23N3OS. The molecule has 0 spiro atoms. The summed E-state index contributed by atoms with van der Waals surface area (Å²) in [6.45, 7) is 0.669. The van der Waals surface area contributed by atoms with Gasteiger partial charge in [0.2, 0.25) is 0 Å². The molecule has 1 N–H and O–H groups in total. The van der Waals surface area contributed by atoms with Crippen molar-refractivity contribution in [2.45, 2.75) is 57.5 Å². The van der Waals surface area contributed by atoms with Crippen molar-refractivity contribution in [1.29, 1.82) is 0 Å². The number of thiazole rings is 1. The zero-order valence-corrected chi connectivity index (χ0v) is 14.6. The minimum Gasteiger partial charge on any atom is -0.317 e. The van der Waals surface area contributed by atoms with Gasteiger partial charge in [0, 0.05) is 17.5 Å². The van der Waals surface area contributed by atoms with E-state index in [9.17, 15) is 4.79 Å². The highest BCUT2D eigenvalue weighted by Crippen LogP contribution is 2.31. The molecule has 2 aliphatic rings. The lowest BCUT2D eigenvalue weighted by Crippen LogP contribution is -2.36. The van der Waals surface area contributed by atoms with Crippen LogP contribution in [0.3, 0.4) is 0 Å². The minimum atomic E-state index is -0.00902. The monoisotopic (exact) mass is 341 g/mol. The number of carbonyl (C=O) groups is 1. The van der Waals surface area contributed by atoms with Gasteiger partial charge in [-0.25, -0.2) is 9.78 Å². The van der Waals surface area contributed by atoms with E-state index in [0.29, 0.717) is 12.6 Å². The molecular weight excluding hydrogens is 318 g/mol. The van der Waals surface area contributed by atoms with Crippen molar-refractivity contribution in [3.05, 3.63) is 46.5 Å². The van der Waals surface area contributed by atoms with Crippen LogP contribution in [0.15, 0.2) is 30.3 Å². The zero-order valence-electron chi connectivity index (χ0n) is 13.8. The molecule has 4 nitrogen and oxygen atoms in total. The number of carbonyl (C=O) groups excluding carboxylic acids is 1. The first-order valence-corrected chi connectivity index (χ1v) is 9.71. The molecule has 2 amide bonds. The third-order valence-corrected chi connectivity index (χ3v) is 5.83. The van der Waals surface area contributed by atoms with Gasteiger partial charge in [-0.1, -0.05) is 36.8 Å². The van der Waals surface area contributed by atoms with Crippen LogP contribution in [0.5, 0.6) is 0 Å². The summed E-state index contributed by atoms with van der Waals surface area (Å²) in [5.74, 6) is 0. The van der Waals surface area contributed by atoms with Crippen LogP contribution in [0.2, 0.25) is 0 Å². The largest absolute Gasteiger partial charge is 0.324 e. The molecule has 0 bridgehead atoms. The number of hydrogen-bond acceptors (Lipinski definition) is 3. The van der Waals surface area contributed by atoms with Crippen molar-refractivity contribution >= 4 is 22.5 Å². The molecule has 0 radical (unpaired) electrons. The summed E-state index contributed by atoms with van der Waals surface area (Å²) in [7, 11) is 0. The SMILES string of the molecule is O=C(Nc1nc2c(s1)CCCCC2)N(Cc1ccccc1)C1CC1. The van der Waals surface area contributed by atoms with Crippen molar-refractivity contribution in [2.75, 3.05) is 5.32 Å². The zero-order chi connectivity index (χ0) is 16.4. The van der Waals surface area contributed by atoms with Crippen LogP contribution in [0, 0.1) is 0 Å². The molecule has 1 aromatic carbocycles. The summed E-state index contributed by atoms with van der Waals surface area (Å²) in [4.78, 5) is 20.8. The van der Waals surface area contributed by atoms with Crippen LogP contribution in [-0.2, 0) is 19.4 Å². The maximum Gasteiger partial charge on any atom is 0.324 e. The van der Waals surface area contributed by atoms with Gasteiger partial charge in [0.25, 0.3) is 0 Å². The minimum absolute atomic E-state index is 0.00902. The highest BCUT2D eigenvalue weighted by atomic mass is 32.1. The van der Waals surface area contributed by atoms with Crippen LogP contribution in [-0.4, -0.2) is 22.0 Å². The number of nitrogens with one attached hydrogen (secondary N) is 1. The van der Waals surface area contributed by atoms with E-state index >= 15 is 0 Å². The van der Waals surface area contributed by atoms with E-state index in [4.69, 9.17) is 0 Å². The third kappa shape index (κ3) is 3.61. The van der Waals surface area contributed by atoms with Gasteiger partial charge in [-0.2, -0.15) is 0 Å². The van der Waals surface area contributed by atoms with Crippen molar-refractivity contribution in [1.82, 2.24) is 9.88 Å². The Morgan fingerprint density at radius 2 is 1.96 bits per heavy atom. The van der Waals surface area contributed by atoms with E-state index in [-0.39, 0.29) is 6.03 Å². The average Bonchev–Trinajstić information content (AvgIpc) is 3.39. The fourth-order valence-electron chi connectivity index (χ4n) is 3.28. The molecule has 5 heteroatoms. The van der Waals surface area contributed by atoms with Crippen molar-refractivity contribution in [3.8, 4) is 0 Å². The molecule has 24 heavy (non-hydrogen) atoms. The molecule has 1 aromatic heterocycles. The van der Waals surface area contributed by atoms with Gasteiger partial charge < -0.3 is 4.90 Å². The molecule has 1 heterocycles. The normalized spacial score (nSPS) is 17.0. The fourth-order valence-corrected chi connectivity index (χ4v) is 4.32. The summed E-state index contributed by atoms with van der Waals surface area (Å²) in [6, 6.07) is 10.6. The second-order valence-corrected chi connectivity index (χ2v) is 7.81. The molecule has 4 rings (SSSR count). The van der Waals surface area contributed by atoms with Crippen LogP contribution in [0.1, 0.15) is 48.2 Å². The lowest BCUT2D eigenvalue weighted by atomic mass is 10.2. The topological polar surface area (TPSA) is 45.2 Å². The Hall–Kier alpha value is -1.88. The van der Waals surface area contributed by atoms with Gasteiger partial charge in [0.05, 0.1) is 5.69 Å². The summed E-state index contributed by atoms with van der Waals surface area (Å²) in [5, 5.41) is 3.82. The Kier molecular flexibility index (Phi) is 4.52. The van der Waals surface area contributed by atoms with Gasteiger partial charge in [0.15, 0.2) is 5.13 Å². The first-order chi connectivity index (χ1) is 11.8. The molecule has 0 saturated heterocycles. The molecule has 1 saturated carbocycles. The fraction of sp³-hybridized carbons (Fsp3) is 0.474. The molecule has 0 unspecified atom stereocenters. The molecule has 0 aliphatic heterocycles. The number of hydrogen-bond donors (Lipinski definition) is 1. The molecule has 2 aliphatic carbocycles. The first-order valence-electron chi connectivity index (χ1n) is 8.90. The second kappa shape index (κ2) is 6.93. The van der Waals surface area contributed by atoms with Crippen LogP contribution >= 0.6 is 11.3 Å². The summed E-state index contributed by atoms with van der Waals surface area (Å²) < 4.78 is 0. The van der Waals surface area contributed by atoms with E-state index in [1.165, 1.54) is 35.4 Å². The Bertz CT molecular complexity index is 685. The number of benzene rings is 1. The van der Waals surface area contributed by atoms with Gasteiger partial charge in [-0.3, -0.25) is 5.32 Å². The maximum atomic E-state index is 12.8. The van der Waals surface area contributed by atoms with Crippen LogP contribution < -0.4 is 5.32 Å². The first kappa shape index (κ1) is 15.6. The third-order valence-electron chi connectivity index (χ3n) is 4.75. The Balaban J connectivity index is 1.45. The van der Waals surface area contributed by atoms with Gasteiger partial charge >= 0.3 is 6.03 Å². The summed E-state index contributed by atoms with van der Waals surface area (Å²) in [6.07, 6.45) is 8.12. The lowest BCUT2D eigenvalue weighted by molar-refractivity contribution is 0.206. The van der Waals surface area contributed by atoms with Crippen molar-refractivity contribution in [2.24, 2.45) is 0 Å². The average molecular weight is 341 g/mol. The highest BCUT2D eigenvalue weighted by molar-refractivity contribution is 7.15. The number of rotatable bonds is 4. The smallest absolute Gasteiger partial charge is 0.317 e. The number of amides is 2. The molecule has 2 aromatic rings. The van der Waals surface area contributed by atoms with Crippen LogP contribution in [0.4, 0.5) is 9.93 Å². The van der Waals surface area contributed by atoms with Crippen molar-refractivity contribution in [3.63, 3.8) is 0 Å². The second-order valence-electron chi connectivity index (χ2n) is 6.72. The highest BCUT2D eigenvalue weighted by Gasteiger charge is 2.33. The Morgan fingerprint density at radius 3 is 2.75 bits per heavy atom. The summed E-state index contributed by atoms with van der Waals surface area (Å²) >= 11 is 1.66. The van der Waals surface area contributed by atoms with E-state index < -0.39 is 0 Å². The number of aryl methyl sites for hydroxylation is 2. The van der Waals surface area contributed by atoms with E-state index in [0.717, 1.165) is 30.8 Å². The molecule has 126 valence electrons. The number of urea groups is 1. The number of aromatic nitrogens is 1. The van der Waals surface area contributed by atoms with Crippen molar-refractivity contribution < 1.29 is 4.79 Å². The van der Waals surface area contributed by atoms with Gasteiger partial charge in [0.1, 0.15) is 0 Å². The molecule has 0 atom stereocenters. The van der Waals surface area contributed by atoms with Gasteiger partial charge in [-0.15, -0.1) is 11.3 Å². The quantitative estimate of drug-likeness (QED) is 0.826. The lowest BCUT2D eigenvalue weighted by Gasteiger charge is -2.22. The number of fused-ring (bicyclic) bond motifs is 1. The van der Waals surface area contributed by atoms with E-state index in [2.05, 4.69) is 22.4 Å². The summed E-state index contributed by atoms with van der Waals surface area (Å²) in [5.41, 5.74) is 2.38. The van der Waals surface area contributed by atoms with E-state index in [1.807, 2.05) is 23.1 Å². The number of nitrogens with zero attached hydrogens (tertiary/aromatic N) is 2. The van der Waals surface area contributed by atoms with Gasteiger partial charge in [-0.05, 0) is 44.1 Å². The predicted molar refractivity (Wildman–Crippen MR) is 97.4 cm³/mol. The van der Waals surface area contributed by atoms with Crippen LogP contribution in [0.25, 0.3) is 0 Å². The number of anilines is 1. The maximum absolute atomic E-state index is 12.8. The molecule has 1 fully saturated rings. The standard InChI is InChI=1S/C19H23N3OS/c23-19(21-18-20-16-9-5-2-6-10-17(16)24-18)22(15-11-12-15)13-14-7-3-1-4-8-14/h1,3-4,7-8,15H,2,5-6,9-13H2,(H,20,21,23). The Morgan fingerprint density at radius 1 is 1.17 bits per heavy atom. The van der Waals surface area contributed by atoms with E-state index in [1.54, 1.807) is 11.3 Å². The predicted octanol–water partition coefficient (Wildman–Crippen LogP) is 4.61. The Labute approximate surface area is 146 Å².